The first kappa shape index (κ1) is 18.7. The molecule has 0 saturated carbocycles. The van der Waals surface area contributed by atoms with Gasteiger partial charge in [0.25, 0.3) is 5.91 Å². The van der Waals surface area contributed by atoms with Gasteiger partial charge in [-0.3, -0.25) is 4.79 Å². The molecular formula is C18H18F3N5O. The highest BCUT2D eigenvalue weighted by molar-refractivity contribution is 6.03. The predicted octanol–water partition coefficient (Wildman–Crippen LogP) is 4.43. The van der Waals surface area contributed by atoms with E-state index in [0.717, 1.165) is 12.1 Å². The Morgan fingerprint density at radius 2 is 2.00 bits per heavy atom. The summed E-state index contributed by atoms with van der Waals surface area (Å²) in [5, 5.41) is 6.87. The van der Waals surface area contributed by atoms with Crippen molar-refractivity contribution >= 4 is 11.7 Å². The van der Waals surface area contributed by atoms with E-state index in [2.05, 4.69) is 20.4 Å². The number of hydrogen-bond acceptors (Lipinski definition) is 3. The fraction of sp³-hybridized carbons (Fsp3) is 0.278. The van der Waals surface area contributed by atoms with Crippen molar-refractivity contribution in [3.05, 3.63) is 53.5 Å². The van der Waals surface area contributed by atoms with Crippen LogP contribution in [0.15, 0.2) is 36.5 Å². The number of aryl methyl sites for hydroxylation is 1. The molecule has 0 unspecified atom stereocenters. The predicted molar refractivity (Wildman–Crippen MR) is 94.3 cm³/mol. The molecule has 9 heteroatoms. The number of benzene rings is 1. The van der Waals surface area contributed by atoms with Gasteiger partial charge in [-0.05, 0) is 32.9 Å². The quantitative estimate of drug-likeness (QED) is 0.706. The Morgan fingerprint density at radius 1 is 1.26 bits per heavy atom. The number of nitrogens with one attached hydrogen (secondary N) is 2. The van der Waals surface area contributed by atoms with Gasteiger partial charge < -0.3 is 10.3 Å². The van der Waals surface area contributed by atoms with Gasteiger partial charge >= 0.3 is 6.18 Å². The summed E-state index contributed by atoms with van der Waals surface area (Å²) in [5.74, 6) is 0.239. The van der Waals surface area contributed by atoms with E-state index >= 15 is 0 Å². The SMILES string of the molecule is Cc1[nH]c(-c2cccc(C(F)(F)F)c2)nc1C(=O)Nc1ccnn1C(C)C. The van der Waals surface area contributed by atoms with Crippen LogP contribution >= 0.6 is 0 Å². The van der Waals surface area contributed by atoms with Crippen molar-refractivity contribution in [1.82, 2.24) is 19.7 Å². The third kappa shape index (κ3) is 3.86. The standard InChI is InChI=1S/C18H18F3N5O/c1-10(2)26-14(7-8-22-26)24-17(27)15-11(3)23-16(25-15)12-5-4-6-13(9-12)18(19,20)21/h4-10H,1-3H3,(H,23,25)(H,24,27). The van der Waals surface area contributed by atoms with E-state index in [1.54, 1.807) is 23.9 Å². The molecule has 0 bridgehead atoms. The molecule has 6 nitrogen and oxygen atoms in total. The van der Waals surface area contributed by atoms with Crippen LogP contribution in [0.5, 0.6) is 0 Å². The van der Waals surface area contributed by atoms with Crippen molar-refractivity contribution in [2.75, 3.05) is 5.32 Å². The summed E-state index contributed by atoms with van der Waals surface area (Å²) in [6, 6.07) is 6.50. The number of halogens is 3. The van der Waals surface area contributed by atoms with Gasteiger partial charge in [0.1, 0.15) is 17.3 Å². The highest BCUT2D eigenvalue weighted by atomic mass is 19.4. The van der Waals surface area contributed by atoms with Crippen LogP contribution in [0.2, 0.25) is 0 Å². The fourth-order valence-corrected chi connectivity index (χ4v) is 2.66. The Balaban J connectivity index is 1.88. The number of aromatic amines is 1. The number of carbonyl (C=O) groups excluding carboxylic acids is 1. The molecule has 0 aliphatic heterocycles. The zero-order valence-electron chi connectivity index (χ0n) is 14.9. The van der Waals surface area contributed by atoms with Gasteiger partial charge in [0.2, 0.25) is 0 Å². The van der Waals surface area contributed by atoms with Crippen LogP contribution in [0.4, 0.5) is 19.0 Å². The maximum absolute atomic E-state index is 12.9. The van der Waals surface area contributed by atoms with Crippen molar-refractivity contribution in [3.8, 4) is 11.4 Å². The minimum Gasteiger partial charge on any atom is -0.341 e. The number of rotatable bonds is 4. The summed E-state index contributed by atoms with van der Waals surface area (Å²) in [4.78, 5) is 19.6. The van der Waals surface area contributed by atoms with Gasteiger partial charge in [-0.25, -0.2) is 9.67 Å². The molecule has 0 atom stereocenters. The first-order valence-electron chi connectivity index (χ1n) is 8.26. The largest absolute Gasteiger partial charge is 0.416 e. The first-order chi connectivity index (χ1) is 12.7. The number of hydrogen-bond donors (Lipinski definition) is 2. The van der Waals surface area contributed by atoms with Gasteiger partial charge in [0, 0.05) is 23.4 Å². The molecule has 0 spiro atoms. The van der Waals surface area contributed by atoms with Crippen molar-refractivity contribution in [1.29, 1.82) is 0 Å². The molecule has 0 radical (unpaired) electrons. The average Bonchev–Trinajstić information content (AvgIpc) is 3.21. The highest BCUT2D eigenvalue weighted by Crippen LogP contribution is 2.31. The number of anilines is 1. The highest BCUT2D eigenvalue weighted by Gasteiger charge is 2.30. The molecule has 3 rings (SSSR count). The molecule has 1 aromatic carbocycles. The summed E-state index contributed by atoms with van der Waals surface area (Å²) in [5.41, 5.74) is 0.0366. The molecular weight excluding hydrogens is 359 g/mol. The molecule has 2 N–H and O–H groups in total. The third-order valence-corrected chi connectivity index (χ3v) is 3.96. The lowest BCUT2D eigenvalue weighted by Gasteiger charge is -2.11. The second-order valence-corrected chi connectivity index (χ2v) is 6.35. The number of imidazole rings is 1. The van der Waals surface area contributed by atoms with Crippen molar-refractivity contribution in [3.63, 3.8) is 0 Å². The second-order valence-electron chi connectivity index (χ2n) is 6.35. The van der Waals surface area contributed by atoms with Crippen molar-refractivity contribution < 1.29 is 18.0 Å². The van der Waals surface area contributed by atoms with E-state index in [4.69, 9.17) is 0 Å². The van der Waals surface area contributed by atoms with Crippen LogP contribution in [0.3, 0.4) is 0 Å². The molecule has 3 aromatic rings. The summed E-state index contributed by atoms with van der Waals surface area (Å²) in [6.07, 6.45) is -2.88. The molecule has 1 amide bonds. The maximum Gasteiger partial charge on any atom is 0.416 e. The van der Waals surface area contributed by atoms with E-state index in [9.17, 15) is 18.0 Å². The van der Waals surface area contributed by atoms with Gasteiger partial charge in [-0.15, -0.1) is 0 Å². The summed E-state index contributed by atoms with van der Waals surface area (Å²) in [7, 11) is 0. The normalized spacial score (nSPS) is 11.8. The molecule has 0 aliphatic rings. The lowest BCUT2D eigenvalue weighted by Crippen LogP contribution is -2.17. The lowest BCUT2D eigenvalue weighted by molar-refractivity contribution is -0.137. The smallest absolute Gasteiger partial charge is 0.341 e. The minimum absolute atomic E-state index is 0.0521. The van der Waals surface area contributed by atoms with E-state index in [0.29, 0.717) is 11.5 Å². The maximum atomic E-state index is 12.9. The number of amides is 1. The number of H-pyrrole nitrogens is 1. The van der Waals surface area contributed by atoms with Crippen LogP contribution < -0.4 is 5.32 Å². The second kappa shape index (κ2) is 6.90. The molecule has 2 heterocycles. The van der Waals surface area contributed by atoms with Gasteiger partial charge in [-0.1, -0.05) is 12.1 Å². The number of carbonyl (C=O) groups is 1. The average molecular weight is 377 g/mol. The first-order valence-corrected chi connectivity index (χ1v) is 8.26. The zero-order chi connectivity index (χ0) is 19.8. The van der Waals surface area contributed by atoms with Crippen LogP contribution in [0.25, 0.3) is 11.4 Å². The van der Waals surface area contributed by atoms with Crippen molar-refractivity contribution in [2.45, 2.75) is 33.0 Å². The summed E-state index contributed by atoms with van der Waals surface area (Å²) >= 11 is 0. The van der Waals surface area contributed by atoms with Gasteiger partial charge in [-0.2, -0.15) is 18.3 Å². The van der Waals surface area contributed by atoms with Gasteiger partial charge in [0.05, 0.1) is 11.8 Å². The Labute approximate surface area is 153 Å². The van der Waals surface area contributed by atoms with E-state index in [1.165, 1.54) is 12.1 Å². The van der Waals surface area contributed by atoms with Crippen LogP contribution in [0, 0.1) is 6.92 Å². The molecule has 0 aliphatic carbocycles. The fourth-order valence-electron chi connectivity index (χ4n) is 2.66. The Kier molecular flexibility index (Phi) is 4.77. The van der Waals surface area contributed by atoms with Crippen LogP contribution in [-0.4, -0.2) is 25.7 Å². The number of nitrogens with zero attached hydrogens (tertiary/aromatic N) is 3. The minimum atomic E-state index is -4.45. The zero-order valence-corrected chi connectivity index (χ0v) is 14.9. The molecule has 0 saturated heterocycles. The lowest BCUT2D eigenvalue weighted by atomic mass is 10.1. The molecule has 2 aromatic heterocycles. The topological polar surface area (TPSA) is 75.6 Å². The Morgan fingerprint density at radius 3 is 2.67 bits per heavy atom. The van der Waals surface area contributed by atoms with E-state index < -0.39 is 17.6 Å². The van der Waals surface area contributed by atoms with Crippen molar-refractivity contribution in [2.24, 2.45) is 0 Å². The Hall–Kier alpha value is -3.10. The number of aromatic nitrogens is 4. The molecule has 0 fully saturated rings. The van der Waals surface area contributed by atoms with E-state index in [-0.39, 0.29) is 23.1 Å². The van der Waals surface area contributed by atoms with Crippen LogP contribution in [-0.2, 0) is 6.18 Å². The summed E-state index contributed by atoms with van der Waals surface area (Å²) < 4.78 is 40.4. The van der Waals surface area contributed by atoms with Gasteiger partial charge in [0.15, 0.2) is 0 Å². The molecule has 27 heavy (non-hydrogen) atoms. The molecule has 142 valence electrons. The Bertz CT molecular complexity index is 972. The monoisotopic (exact) mass is 377 g/mol. The summed E-state index contributed by atoms with van der Waals surface area (Å²) in [6.45, 7) is 5.49. The number of alkyl halides is 3. The third-order valence-electron chi connectivity index (χ3n) is 3.96. The van der Waals surface area contributed by atoms with Crippen LogP contribution in [0.1, 0.15) is 41.6 Å². The van der Waals surface area contributed by atoms with E-state index in [1.807, 2.05) is 13.8 Å².